The molecule has 620 valence electrons. The molecule has 0 aromatic heterocycles. The fourth-order valence-corrected chi connectivity index (χ4v) is 15.1. The Labute approximate surface area is 640 Å². The van der Waals surface area contributed by atoms with Crippen LogP contribution in [-0.2, 0) is 51.0 Å². The maximum atomic E-state index is 13.3. The number of hydrogen-bond donors (Lipinski definition) is 6. The number of hydrogen-bond acceptors (Lipinski definition) is 12. The number of phosphoric acid groups is 2. The zero-order valence-electron chi connectivity index (χ0n) is 68.7. The van der Waals surface area contributed by atoms with Crippen LogP contribution in [0.15, 0.2) is 0 Å². The first kappa shape index (κ1) is 102. The molecular formula is C84H170N4O14P2. The number of phosphoric ester groups is 2. The molecule has 0 saturated carbocycles. The van der Waals surface area contributed by atoms with Gasteiger partial charge in [0.15, 0.2) is 0 Å². The van der Waals surface area contributed by atoms with Gasteiger partial charge in [-0.05, 0) is 44.4 Å². The molecule has 0 aliphatic heterocycles. The average Bonchev–Trinajstić information content (AvgIpc) is 0.927. The highest BCUT2D eigenvalue weighted by Gasteiger charge is 2.27. The van der Waals surface area contributed by atoms with Gasteiger partial charge in [-0.3, -0.25) is 27.7 Å². The van der Waals surface area contributed by atoms with Crippen LogP contribution in [0.1, 0.15) is 427 Å². The molecule has 20 heteroatoms. The molecule has 6 N–H and O–H groups in total. The van der Waals surface area contributed by atoms with Crippen molar-refractivity contribution in [1.82, 2.24) is 21.3 Å². The molecule has 0 spiro atoms. The van der Waals surface area contributed by atoms with Crippen LogP contribution in [0.5, 0.6) is 0 Å². The molecule has 0 fully saturated rings. The van der Waals surface area contributed by atoms with E-state index < -0.39 is 33.8 Å². The van der Waals surface area contributed by atoms with E-state index in [1.807, 2.05) is 0 Å². The molecule has 0 rings (SSSR count). The van der Waals surface area contributed by atoms with E-state index in [1.165, 1.54) is 295 Å². The van der Waals surface area contributed by atoms with Gasteiger partial charge in [-0.15, -0.1) is 0 Å². The Morgan fingerprint density at radius 2 is 0.577 bits per heavy atom. The minimum Gasteiger partial charge on any atom is -0.379 e. The predicted octanol–water partition coefficient (Wildman–Crippen LogP) is 24.1. The van der Waals surface area contributed by atoms with Crippen LogP contribution in [0, 0.1) is 5.92 Å². The smallest absolute Gasteiger partial charge is 0.379 e. The van der Waals surface area contributed by atoms with Crippen molar-refractivity contribution in [2.45, 2.75) is 445 Å². The molecule has 0 aliphatic rings. The van der Waals surface area contributed by atoms with Gasteiger partial charge in [0.25, 0.3) is 0 Å². The third kappa shape index (κ3) is 75.7. The largest absolute Gasteiger partial charge is 0.472 e. The summed E-state index contributed by atoms with van der Waals surface area (Å²) in [6.45, 7) is 13.6. The average molecular weight is 1520 g/mol. The van der Waals surface area contributed by atoms with Gasteiger partial charge in [0.1, 0.15) is 0 Å². The van der Waals surface area contributed by atoms with Crippen LogP contribution in [0.4, 0.5) is 4.79 Å². The molecule has 0 heterocycles. The van der Waals surface area contributed by atoms with Crippen molar-refractivity contribution >= 4 is 33.5 Å². The Balaban J connectivity index is 5.46. The number of rotatable bonds is 86. The third-order valence-electron chi connectivity index (χ3n) is 20.2. The third-order valence-corrected chi connectivity index (χ3v) is 22.2. The first-order chi connectivity index (χ1) is 50.7. The van der Waals surface area contributed by atoms with E-state index in [1.54, 1.807) is 0 Å². The summed E-state index contributed by atoms with van der Waals surface area (Å²) >= 11 is 0. The SMILES string of the molecule is CCCCCCCCCCCCCC(=O)N[C@H](COCC[C@H](CCCCCCC)CCCCCCCCCCCCC)COP(=O)(O)OCCNC(=O)NCCOP(=O)(O)OC[C@@H](COCC[C@H](CCCCCCC)OCCCCCCCCCCCC)NC(=O)CCCCCCCCCCCCC. The van der Waals surface area contributed by atoms with Crippen molar-refractivity contribution in [3.8, 4) is 0 Å². The molecular weight excluding hydrogens is 1350 g/mol. The van der Waals surface area contributed by atoms with Crippen LogP contribution in [0.3, 0.4) is 0 Å². The lowest BCUT2D eigenvalue weighted by Crippen LogP contribution is -2.41. The van der Waals surface area contributed by atoms with Gasteiger partial charge in [-0.1, -0.05) is 375 Å². The molecule has 0 bridgehead atoms. The van der Waals surface area contributed by atoms with Crippen LogP contribution < -0.4 is 21.3 Å². The predicted molar refractivity (Wildman–Crippen MR) is 435 cm³/mol. The van der Waals surface area contributed by atoms with Gasteiger partial charge < -0.3 is 45.3 Å². The van der Waals surface area contributed by atoms with Crippen LogP contribution >= 0.6 is 15.6 Å². The van der Waals surface area contributed by atoms with Gasteiger partial charge in [-0.2, -0.15) is 0 Å². The first-order valence-electron chi connectivity index (χ1n) is 44.4. The van der Waals surface area contributed by atoms with Gasteiger partial charge in [0.05, 0.1) is 57.8 Å². The van der Waals surface area contributed by atoms with Gasteiger partial charge in [-0.25, -0.2) is 13.9 Å². The number of carbonyl (C=O) groups is 3. The second kappa shape index (κ2) is 79.4. The number of ether oxygens (including phenoxy) is 3. The molecule has 0 aromatic carbocycles. The summed E-state index contributed by atoms with van der Waals surface area (Å²) in [7, 11) is -9.27. The standard InChI is InChI=1S/C84H170N4O14P2/c1-7-13-19-25-29-33-37-40-44-50-55-61-78(60-54-48-23-17-11-5)65-70-96-74-79(87-82(89)63-57-51-45-41-38-34-30-26-20-14-8-2)76-101-103(92,93)99-72-67-85-84(91)86-68-73-100-104(94,95)102-77-80(88-83(90)64-58-52-46-42-39-35-31-27-21-15-9-3)75-97-71-66-81(62-56-49-24-18-12-6)98-69-59-53-47-43-36-32-28-22-16-10-4/h78-81H,7-77H2,1-6H3,(H,87,89)(H,88,90)(H,92,93)(H,94,95)(H2,85,86,91)/t78-,79-,80-,81+/m1/s1. The number of nitrogens with one attached hydrogen (secondary N) is 4. The van der Waals surface area contributed by atoms with E-state index in [0.717, 1.165) is 77.2 Å². The highest BCUT2D eigenvalue weighted by Crippen LogP contribution is 2.44. The summed E-state index contributed by atoms with van der Waals surface area (Å²) in [6, 6.07) is -2.07. The van der Waals surface area contributed by atoms with Crippen molar-refractivity contribution in [2.75, 3.05) is 72.6 Å². The topological polar surface area (TPSA) is 239 Å². The van der Waals surface area contributed by atoms with E-state index >= 15 is 0 Å². The van der Waals surface area contributed by atoms with Crippen molar-refractivity contribution in [1.29, 1.82) is 0 Å². The van der Waals surface area contributed by atoms with Crippen molar-refractivity contribution < 1.29 is 65.6 Å². The maximum Gasteiger partial charge on any atom is 0.472 e. The fourth-order valence-electron chi connectivity index (χ4n) is 13.5. The molecule has 0 radical (unpaired) electrons. The second-order valence-electron chi connectivity index (χ2n) is 30.5. The van der Waals surface area contributed by atoms with Crippen molar-refractivity contribution in [3.63, 3.8) is 0 Å². The number of urea groups is 1. The summed E-state index contributed by atoms with van der Waals surface area (Å²) in [5.41, 5.74) is 0. The monoisotopic (exact) mass is 1520 g/mol. The highest BCUT2D eigenvalue weighted by atomic mass is 31.2. The van der Waals surface area contributed by atoms with E-state index in [-0.39, 0.29) is 70.6 Å². The van der Waals surface area contributed by atoms with Crippen molar-refractivity contribution in [2.24, 2.45) is 5.92 Å². The van der Waals surface area contributed by atoms with E-state index in [2.05, 4.69) is 62.8 Å². The summed E-state index contributed by atoms with van der Waals surface area (Å²) in [5.74, 6) is 0.239. The van der Waals surface area contributed by atoms with Crippen molar-refractivity contribution in [3.05, 3.63) is 0 Å². The summed E-state index contributed by atoms with van der Waals surface area (Å²) in [4.78, 5) is 60.8. The Bertz CT molecular complexity index is 1800. The van der Waals surface area contributed by atoms with Crippen LogP contribution in [0.25, 0.3) is 0 Å². The van der Waals surface area contributed by atoms with Crippen LogP contribution in [0.2, 0.25) is 0 Å². The minimum atomic E-state index is -4.64. The van der Waals surface area contributed by atoms with Gasteiger partial charge in [0, 0.05) is 45.8 Å². The maximum absolute atomic E-state index is 13.3. The van der Waals surface area contributed by atoms with E-state index in [4.69, 9.17) is 32.3 Å². The van der Waals surface area contributed by atoms with E-state index in [0.29, 0.717) is 38.4 Å². The minimum absolute atomic E-state index is 0.0664. The molecule has 0 aromatic rings. The fraction of sp³-hybridized carbons (Fsp3) is 0.964. The lowest BCUT2D eigenvalue weighted by atomic mass is 9.91. The molecule has 0 aliphatic carbocycles. The summed E-state index contributed by atoms with van der Waals surface area (Å²) < 4.78 is 66.6. The lowest BCUT2D eigenvalue weighted by molar-refractivity contribution is -0.123. The van der Waals surface area contributed by atoms with Crippen LogP contribution in [-0.4, -0.2) is 118 Å². The first-order valence-corrected chi connectivity index (χ1v) is 47.3. The quantitative estimate of drug-likeness (QED) is 0.0245. The number of carbonyl (C=O) groups excluding carboxylic acids is 3. The molecule has 4 amide bonds. The number of amides is 4. The Morgan fingerprint density at radius 3 is 0.904 bits per heavy atom. The molecule has 6 atom stereocenters. The van der Waals surface area contributed by atoms with Gasteiger partial charge in [0.2, 0.25) is 11.8 Å². The highest BCUT2D eigenvalue weighted by molar-refractivity contribution is 7.47. The van der Waals surface area contributed by atoms with E-state index in [9.17, 15) is 33.3 Å². The lowest BCUT2D eigenvalue weighted by Gasteiger charge is -2.22. The number of unbranched alkanes of at least 4 members (excludes halogenated alkanes) is 47. The Morgan fingerprint density at radius 1 is 0.298 bits per heavy atom. The second-order valence-corrected chi connectivity index (χ2v) is 33.4. The zero-order valence-corrected chi connectivity index (χ0v) is 70.5. The van der Waals surface area contributed by atoms with Gasteiger partial charge >= 0.3 is 21.7 Å². The molecule has 2 unspecified atom stereocenters. The molecule has 18 nitrogen and oxygen atoms in total. The zero-order chi connectivity index (χ0) is 76.0. The normalized spacial score (nSPS) is 14.1. The molecule has 0 saturated heterocycles. The molecule has 104 heavy (non-hydrogen) atoms. The Hall–Kier alpha value is -1.69. The summed E-state index contributed by atoms with van der Waals surface area (Å²) in [6.07, 6.45) is 71.0. The Kier molecular flexibility index (Phi) is 78.1. The summed E-state index contributed by atoms with van der Waals surface area (Å²) in [5, 5.41) is 11.1.